The second-order valence-electron chi connectivity index (χ2n) is 3.43. The van der Waals surface area contributed by atoms with Gasteiger partial charge in [-0.25, -0.2) is 5.01 Å². The second kappa shape index (κ2) is 2.95. The highest BCUT2D eigenvalue weighted by Crippen LogP contribution is 2.35. The number of hydrogen-bond donors (Lipinski definition) is 1. The molecule has 1 aliphatic rings. The summed E-state index contributed by atoms with van der Waals surface area (Å²) >= 11 is 0. The summed E-state index contributed by atoms with van der Waals surface area (Å²) in [5.74, 6) is 0. The molecule has 2 rings (SSSR count). The maximum absolute atomic E-state index is 10.5. The van der Waals surface area contributed by atoms with E-state index in [9.17, 15) is 10.1 Å². The molecule has 0 aliphatic carbocycles. The van der Waals surface area contributed by atoms with Gasteiger partial charge in [-0.15, -0.1) is 0 Å². The normalized spacial score (nSPS) is 20.3. The van der Waals surface area contributed by atoms with Gasteiger partial charge in [-0.1, -0.05) is 0 Å². The number of nitro benzene ring substituents is 1. The van der Waals surface area contributed by atoms with E-state index in [1.807, 2.05) is 19.0 Å². The average molecular weight is 193 g/mol. The lowest BCUT2D eigenvalue weighted by atomic mass is 10.1. The van der Waals surface area contributed by atoms with Crippen LogP contribution in [0.2, 0.25) is 0 Å². The minimum Gasteiger partial charge on any atom is -0.318 e. The van der Waals surface area contributed by atoms with Gasteiger partial charge in [-0.2, -0.15) is 0 Å². The van der Waals surface area contributed by atoms with Gasteiger partial charge in [0.1, 0.15) is 0 Å². The van der Waals surface area contributed by atoms with Crippen LogP contribution in [0.3, 0.4) is 0 Å². The molecule has 0 unspecified atom stereocenters. The molecule has 5 heteroatoms. The summed E-state index contributed by atoms with van der Waals surface area (Å²) in [6, 6.07) is 5.16. The number of nitro groups is 1. The van der Waals surface area contributed by atoms with Crippen molar-refractivity contribution in [3.8, 4) is 0 Å². The molecule has 0 radical (unpaired) electrons. The Balaban J connectivity index is 2.44. The molecule has 0 saturated carbocycles. The number of rotatable bonds is 1. The highest BCUT2D eigenvalue weighted by Gasteiger charge is 2.24. The molecule has 0 aromatic heterocycles. The van der Waals surface area contributed by atoms with E-state index < -0.39 is 0 Å². The first-order chi connectivity index (χ1) is 6.59. The Morgan fingerprint density at radius 2 is 2.29 bits per heavy atom. The molecular weight excluding hydrogens is 182 g/mol. The number of hydrogen-bond acceptors (Lipinski definition) is 4. The fourth-order valence-corrected chi connectivity index (χ4v) is 1.61. The fourth-order valence-electron chi connectivity index (χ4n) is 1.61. The van der Waals surface area contributed by atoms with Crippen LogP contribution in [0.4, 0.5) is 11.4 Å². The Kier molecular flexibility index (Phi) is 1.89. The van der Waals surface area contributed by atoms with Crippen LogP contribution in [0.15, 0.2) is 18.2 Å². The summed E-state index contributed by atoms with van der Waals surface area (Å²) in [5, 5.41) is 12.5. The third-order valence-electron chi connectivity index (χ3n) is 2.58. The van der Waals surface area contributed by atoms with Gasteiger partial charge in [-0.05, 0) is 18.6 Å². The van der Waals surface area contributed by atoms with Crippen LogP contribution >= 0.6 is 0 Å². The average Bonchev–Trinajstić information content (AvgIpc) is 2.42. The number of benzene rings is 1. The molecule has 14 heavy (non-hydrogen) atoms. The fraction of sp³-hybridized carbons (Fsp3) is 0.333. The third kappa shape index (κ3) is 1.22. The van der Waals surface area contributed by atoms with E-state index in [-0.39, 0.29) is 16.7 Å². The van der Waals surface area contributed by atoms with Gasteiger partial charge >= 0.3 is 0 Å². The van der Waals surface area contributed by atoms with Crippen LogP contribution < -0.4 is 5.43 Å². The maximum Gasteiger partial charge on any atom is 0.271 e. The summed E-state index contributed by atoms with van der Waals surface area (Å²) in [6.45, 7) is 2.05. The molecule has 1 aromatic rings. The molecule has 1 aliphatic heterocycles. The van der Waals surface area contributed by atoms with Crippen molar-refractivity contribution in [3.05, 3.63) is 33.9 Å². The Hall–Kier alpha value is -1.62. The maximum atomic E-state index is 10.5. The SMILES string of the molecule is C[C@H]1c2ccc([N+](=O)[O-])cc2NN1C. The minimum absolute atomic E-state index is 0.124. The zero-order chi connectivity index (χ0) is 10.3. The smallest absolute Gasteiger partial charge is 0.271 e. The van der Waals surface area contributed by atoms with Gasteiger partial charge in [0.25, 0.3) is 5.69 Å². The molecule has 1 heterocycles. The van der Waals surface area contributed by atoms with Crippen molar-refractivity contribution in [2.24, 2.45) is 0 Å². The van der Waals surface area contributed by atoms with Crippen molar-refractivity contribution in [2.75, 3.05) is 12.5 Å². The predicted molar refractivity (Wildman–Crippen MR) is 52.9 cm³/mol. The minimum atomic E-state index is -0.384. The highest BCUT2D eigenvalue weighted by atomic mass is 16.6. The van der Waals surface area contributed by atoms with Crippen molar-refractivity contribution < 1.29 is 4.92 Å². The number of nitrogens with one attached hydrogen (secondary N) is 1. The number of fused-ring (bicyclic) bond motifs is 1. The van der Waals surface area contributed by atoms with Gasteiger partial charge < -0.3 is 5.43 Å². The number of anilines is 1. The molecular formula is C9H11N3O2. The van der Waals surface area contributed by atoms with Gasteiger partial charge in [0, 0.05) is 19.2 Å². The van der Waals surface area contributed by atoms with Crippen molar-refractivity contribution in [1.82, 2.24) is 5.01 Å². The Morgan fingerprint density at radius 3 is 2.93 bits per heavy atom. The van der Waals surface area contributed by atoms with E-state index in [4.69, 9.17) is 0 Å². The topological polar surface area (TPSA) is 58.4 Å². The molecule has 0 bridgehead atoms. The Bertz CT molecular complexity index is 392. The van der Waals surface area contributed by atoms with E-state index in [2.05, 4.69) is 5.43 Å². The molecule has 0 spiro atoms. The molecule has 0 fully saturated rings. The zero-order valence-corrected chi connectivity index (χ0v) is 8.02. The molecule has 1 N–H and O–H groups in total. The molecule has 1 aromatic carbocycles. The van der Waals surface area contributed by atoms with E-state index >= 15 is 0 Å². The third-order valence-corrected chi connectivity index (χ3v) is 2.58. The van der Waals surface area contributed by atoms with Crippen molar-refractivity contribution in [1.29, 1.82) is 0 Å². The van der Waals surface area contributed by atoms with Crippen molar-refractivity contribution in [3.63, 3.8) is 0 Å². The predicted octanol–water partition coefficient (Wildman–Crippen LogP) is 1.93. The van der Waals surface area contributed by atoms with Gasteiger partial charge in [0.05, 0.1) is 16.7 Å². The molecule has 0 amide bonds. The molecule has 1 atom stereocenters. The number of hydrazine groups is 1. The number of nitrogens with zero attached hydrogens (tertiary/aromatic N) is 2. The standard InChI is InChI=1S/C9H11N3O2/c1-6-8-4-3-7(12(13)14)5-9(8)10-11(6)2/h3-6,10H,1-2H3/t6-/m0/s1. The molecule has 74 valence electrons. The summed E-state index contributed by atoms with van der Waals surface area (Å²) in [6.07, 6.45) is 0. The van der Waals surface area contributed by atoms with Crippen LogP contribution in [-0.2, 0) is 0 Å². The number of non-ortho nitro benzene ring substituents is 1. The lowest BCUT2D eigenvalue weighted by molar-refractivity contribution is -0.384. The lowest BCUT2D eigenvalue weighted by Gasteiger charge is -2.14. The van der Waals surface area contributed by atoms with Crippen LogP contribution in [0.1, 0.15) is 18.5 Å². The van der Waals surface area contributed by atoms with Crippen molar-refractivity contribution >= 4 is 11.4 Å². The summed E-state index contributed by atoms with van der Waals surface area (Å²) in [7, 11) is 1.91. The first-order valence-corrected chi connectivity index (χ1v) is 4.37. The van der Waals surface area contributed by atoms with E-state index in [1.54, 1.807) is 12.1 Å². The molecule has 0 saturated heterocycles. The van der Waals surface area contributed by atoms with E-state index in [1.165, 1.54) is 6.07 Å². The monoisotopic (exact) mass is 193 g/mol. The summed E-state index contributed by atoms with van der Waals surface area (Å²) in [5.41, 5.74) is 5.12. The van der Waals surface area contributed by atoms with Gasteiger partial charge in [0.2, 0.25) is 0 Å². The summed E-state index contributed by atoms with van der Waals surface area (Å²) in [4.78, 5) is 10.1. The van der Waals surface area contributed by atoms with Gasteiger partial charge in [0.15, 0.2) is 0 Å². The van der Waals surface area contributed by atoms with Crippen molar-refractivity contribution in [2.45, 2.75) is 13.0 Å². The zero-order valence-electron chi connectivity index (χ0n) is 8.02. The largest absolute Gasteiger partial charge is 0.318 e. The quantitative estimate of drug-likeness (QED) is 0.547. The first-order valence-electron chi connectivity index (χ1n) is 4.37. The van der Waals surface area contributed by atoms with E-state index in [0.717, 1.165) is 11.3 Å². The molecule has 5 nitrogen and oxygen atoms in total. The Labute approximate surface area is 81.5 Å². The van der Waals surface area contributed by atoms with Crippen LogP contribution in [0.5, 0.6) is 0 Å². The van der Waals surface area contributed by atoms with Crippen LogP contribution in [0, 0.1) is 10.1 Å². The van der Waals surface area contributed by atoms with Crippen LogP contribution in [0.25, 0.3) is 0 Å². The highest BCUT2D eigenvalue weighted by molar-refractivity contribution is 5.60. The van der Waals surface area contributed by atoms with E-state index in [0.29, 0.717) is 0 Å². The van der Waals surface area contributed by atoms with Crippen LogP contribution in [-0.4, -0.2) is 17.0 Å². The summed E-state index contributed by atoms with van der Waals surface area (Å²) < 4.78 is 0. The second-order valence-corrected chi connectivity index (χ2v) is 3.43. The Morgan fingerprint density at radius 1 is 1.57 bits per heavy atom. The van der Waals surface area contributed by atoms with Gasteiger partial charge in [-0.3, -0.25) is 10.1 Å². The lowest BCUT2D eigenvalue weighted by Crippen LogP contribution is -2.20. The first kappa shape index (κ1) is 8.96.